The van der Waals surface area contributed by atoms with Crippen molar-refractivity contribution in [2.24, 2.45) is 5.92 Å². The van der Waals surface area contributed by atoms with E-state index in [1.165, 1.54) is 4.88 Å². The molecule has 5 nitrogen and oxygen atoms in total. The van der Waals surface area contributed by atoms with E-state index in [4.69, 9.17) is 0 Å². The van der Waals surface area contributed by atoms with Gasteiger partial charge in [-0.2, -0.15) is 0 Å². The lowest BCUT2D eigenvalue weighted by Gasteiger charge is -2.44. The lowest BCUT2D eigenvalue weighted by atomic mass is 9.94. The predicted molar refractivity (Wildman–Crippen MR) is 101 cm³/mol. The van der Waals surface area contributed by atoms with Crippen LogP contribution in [0, 0.1) is 12.8 Å². The highest BCUT2D eigenvalue weighted by Gasteiger charge is 2.37. The van der Waals surface area contributed by atoms with Gasteiger partial charge in [-0.05, 0) is 32.3 Å². The molecule has 2 aromatic rings. The third kappa shape index (κ3) is 3.38. The molecular formula is C19H23FN4OS. The summed E-state index contributed by atoms with van der Waals surface area (Å²) in [5.74, 6) is 0.0390. The van der Waals surface area contributed by atoms with Crippen molar-refractivity contribution < 1.29 is 9.18 Å². The Morgan fingerprint density at radius 2 is 2.19 bits per heavy atom. The third-order valence-corrected chi connectivity index (χ3v) is 6.30. The van der Waals surface area contributed by atoms with E-state index in [0.29, 0.717) is 13.0 Å². The van der Waals surface area contributed by atoms with Crippen molar-refractivity contribution in [2.45, 2.75) is 38.5 Å². The highest BCUT2D eigenvalue weighted by molar-refractivity contribution is 7.15. The average molecular weight is 374 g/mol. The summed E-state index contributed by atoms with van der Waals surface area (Å²) in [6.07, 6.45) is 7.99. The molecule has 0 N–H and O–H groups in total. The van der Waals surface area contributed by atoms with Gasteiger partial charge in [-0.1, -0.05) is 0 Å². The molecule has 4 rings (SSSR count). The number of aromatic nitrogens is 2. The van der Waals surface area contributed by atoms with Gasteiger partial charge >= 0.3 is 0 Å². The zero-order chi connectivity index (χ0) is 18.1. The number of hydrogen-bond acceptors (Lipinski definition) is 6. The fourth-order valence-corrected chi connectivity index (χ4v) is 4.81. The molecule has 0 aromatic carbocycles. The summed E-state index contributed by atoms with van der Waals surface area (Å²) in [5, 5.41) is 0.973. The summed E-state index contributed by atoms with van der Waals surface area (Å²) in [4.78, 5) is 25.9. The van der Waals surface area contributed by atoms with Gasteiger partial charge in [0.1, 0.15) is 17.5 Å². The largest absolute Gasteiger partial charge is 0.354 e. The molecule has 0 bridgehead atoms. The SMILES string of the molecule is Cc1cnc(-c2ccncc2N2CCC(C=O)CC2N2CC[C@H](F)C2)s1. The second-order valence-electron chi connectivity index (χ2n) is 7.14. The Kier molecular flexibility index (Phi) is 5.00. The van der Waals surface area contributed by atoms with Crippen molar-refractivity contribution in [3.8, 4) is 10.6 Å². The normalized spacial score (nSPS) is 27.0. The zero-order valence-electron chi connectivity index (χ0n) is 14.8. The van der Waals surface area contributed by atoms with Crippen LogP contribution in [0.4, 0.5) is 10.1 Å². The molecule has 2 fully saturated rings. The van der Waals surface area contributed by atoms with E-state index in [-0.39, 0.29) is 12.1 Å². The highest BCUT2D eigenvalue weighted by atomic mass is 32.1. The molecule has 4 heterocycles. The summed E-state index contributed by atoms with van der Waals surface area (Å²) in [6.45, 7) is 4.00. The number of hydrogen-bond donors (Lipinski definition) is 0. The molecule has 2 aliphatic rings. The Labute approximate surface area is 156 Å². The minimum absolute atomic E-state index is 0.0312. The van der Waals surface area contributed by atoms with E-state index in [9.17, 15) is 9.18 Å². The summed E-state index contributed by atoms with van der Waals surface area (Å²) < 4.78 is 13.8. The second kappa shape index (κ2) is 7.40. The molecule has 2 aromatic heterocycles. The number of carbonyl (C=O) groups is 1. The van der Waals surface area contributed by atoms with Gasteiger partial charge in [0.2, 0.25) is 0 Å². The topological polar surface area (TPSA) is 49.3 Å². The Bertz CT molecular complexity index is 782. The first-order chi connectivity index (χ1) is 12.7. The van der Waals surface area contributed by atoms with Crippen molar-refractivity contribution in [1.82, 2.24) is 14.9 Å². The van der Waals surface area contributed by atoms with Gasteiger partial charge in [-0.25, -0.2) is 9.37 Å². The quantitative estimate of drug-likeness (QED) is 0.769. The van der Waals surface area contributed by atoms with Crippen LogP contribution in [0.25, 0.3) is 10.6 Å². The molecule has 26 heavy (non-hydrogen) atoms. The molecule has 0 spiro atoms. The first kappa shape index (κ1) is 17.5. The average Bonchev–Trinajstić information content (AvgIpc) is 3.29. The number of alkyl halides is 1. The van der Waals surface area contributed by atoms with E-state index in [0.717, 1.165) is 48.5 Å². The molecule has 2 aliphatic heterocycles. The van der Waals surface area contributed by atoms with Crippen LogP contribution in [0.5, 0.6) is 0 Å². The van der Waals surface area contributed by atoms with E-state index in [2.05, 4.69) is 19.8 Å². The number of thiazole rings is 1. The number of carbonyl (C=O) groups excluding carboxylic acids is 1. The molecule has 138 valence electrons. The minimum Gasteiger partial charge on any atom is -0.354 e. The predicted octanol–water partition coefficient (Wildman–Crippen LogP) is 3.30. The monoisotopic (exact) mass is 374 g/mol. The number of pyridine rings is 1. The Morgan fingerprint density at radius 3 is 2.88 bits per heavy atom. The Morgan fingerprint density at radius 1 is 1.31 bits per heavy atom. The Balaban J connectivity index is 1.69. The molecule has 0 aliphatic carbocycles. The van der Waals surface area contributed by atoms with Crippen LogP contribution in [0.1, 0.15) is 24.1 Å². The van der Waals surface area contributed by atoms with Crippen molar-refractivity contribution in [3.63, 3.8) is 0 Å². The van der Waals surface area contributed by atoms with E-state index in [1.54, 1.807) is 17.5 Å². The number of aryl methyl sites for hydroxylation is 1. The number of piperidine rings is 1. The molecule has 0 radical (unpaired) electrons. The van der Waals surface area contributed by atoms with Gasteiger partial charge in [-0.3, -0.25) is 9.88 Å². The first-order valence-electron chi connectivity index (χ1n) is 9.12. The number of nitrogens with zero attached hydrogens (tertiary/aromatic N) is 4. The molecule has 0 amide bonds. The van der Waals surface area contributed by atoms with E-state index < -0.39 is 6.17 Å². The number of rotatable bonds is 4. The number of aldehydes is 1. The van der Waals surface area contributed by atoms with Crippen LogP contribution in [0.3, 0.4) is 0 Å². The molecule has 3 atom stereocenters. The van der Waals surface area contributed by atoms with Gasteiger partial charge in [0, 0.05) is 48.4 Å². The Hall–Kier alpha value is -1.86. The minimum atomic E-state index is -0.775. The number of anilines is 1. The molecule has 2 unspecified atom stereocenters. The second-order valence-corrected chi connectivity index (χ2v) is 8.38. The molecule has 0 saturated carbocycles. The number of halogens is 1. The standard InChI is InChI=1S/C19H23FN4OS/c1-13-9-22-19(26-13)16-2-5-21-10-17(16)24-7-3-14(12-25)8-18(24)23-6-4-15(20)11-23/h2,5,9-10,12,14-15,18H,3-4,6-8,11H2,1H3/t14?,15-,18?/m0/s1. The summed E-state index contributed by atoms with van der Waals surface area (Å²) in [7, 11) is 0. The van der Waals surface area contributed by atoms with Crippen LogP contribution in [-0.4, -0.2) is 53.1 Å². The van der Waals surface area contributed by atoms with Crippen LogP contribution in [-0.2, 0) is 4.79 Å². The van der Waals surface area contributed by atoms with Crippen molar-refractivity contribution >= 4 is 23.3 Å². The van der Waals surface area contributed by atoms with Gasteiger partial charge in [0.25, 0.3) is 0 Å². The lowest BCUT2D eigenvalue weighted by Crippen LogP contribution is -2.52. The zero-order valence-corrected chi connectivity index (χ0v) is 15.7. The molecule has 2 saturated heterocycles. The van der Waals surface area contributed by atoms with Gasteiger partial charge in [-0.15, -0.1) is 11.3 Å². The van der Waals surface area contributed by atoms with E-state index in [1.807, 2.05) is 25.4 Å². The smallest absolute Gasteiger partial charge is 0.125 e. The van der Waals surface area contributed by atoms with Crippen LogP contribution in [0.15, 0.2) is 24.7 Å². The van der Waals surface area contributed by atoms with Crippen LogP contribution < -0.4 is 4.90 Å². The van der Waals surface area contributed by atoms with Crippen LogP contribution >= 0.6 is 11.3 Å². The van der Waals surface area contributed by atoms with Crippen LogP contribution in [0.2, 0.25) is 0 Å². The highest BCUT2D eigenvalue weighted by Crippen LogP contribution is 2.38. The molecule has 7 heteroatoms. The van der Waals surface area contributed by atoms with E-state index >= 15 is 0 Å². The van der Waals surface area contributed by atoms with Gasteiger partial charge in [0.15, 0.2) is 0 Å². The maximum Gasteiger partial charge on any atom is 0.125 e. The number of likely N-dealkylation sites (tertiary alicyclic amines) is 1. The molecular weight excluding hydrogens is 351 g/mol. The maximum atomic E-state index is 13.8. The van der Waals surface area contributed by atoms with Crippen molar-refractivity contribution in [1.29, 1.82) is 0 Å². The van der Waals surface area contributed by atoms with Gasteiger partial charge < -0.3 is 9.69 Å². The first-order valence-corrected chi connectivity index (χ1v) is 9.94. The fraction of sp³-hybridized carbons (Fsp3) is 0.526. The fourth-order valence-electron chi connectivity index (χ4n) is 4.01. The van der Waals surface area contributed by atoms with Crippen molar-refractivity contribution in [2.75, 3.05) is 24.5 Å². The lowest BCUT2D eigenvalue weighted by molar-refractivity contribution is -0.112. The summed E-state index contributed by atoms with van der Waals surface area (Å²) >= 11 is 1.66. The summed E-state index contributed by atoms with van der Waals surface area (Å²) in [6, 6.07) is 2.00. The van der Waals surface area contributed by atoms with Gasteiger partial charge in [0.05, 0.1) is 18.1 Å². The summed E-state index contributed by atoms with van der Waals surface area (Å²) in [5.41, 5.74) is 2.09. The third-order valence-electron chi connectivity index (χ3n) is 5.35. The van der Waals surface area contributed by atoms with Crippen molar-refractivity contribution in [3.05, 3.63) is 29.5 Å². The maximum absolute atomic E-state index is 13.8.